The molecule has 1 fully saturated rings. The molecule has 0 amide bonds. The summed E-state index contributed by atoms with van der Waals surface area (Å²) in [5, 5.41) is 0. The van der Waals surface area contributed by atoms with Gasteiger partial charge in [0.15, 0.2) is 0 Å². The van der Waals surface area contributed by atoms with Crippen molar-refractivity contribution in [2.75, 3.05) is 6.54 Å². The first-order chi connectivity index (χ1) is 8.94. The van der Waals surface area contributed by atoms with Gasteiger partial charge in [0.1, 0.15) is 0 Å². The van der Waals surface area contributed by atoms with Gasteiger partial charge >= 0.3 is 0 Å². The zero-order valence-electron chi connectivity index (χ0n) is 13.2. The maximum atomic E-state index is 2.65. The molecule has 0 spiro atoms. The molecule has 106 valence electrons. The van der Waals surface area contributed by atoms with E-state index in [4.69, 9.17) is 0 Å². The molecule has 0 saturated heterocycles. The number of hydrogen-bond acceptors (Lipinski definition) is 1. The highest BCUT2D eigenvalue weighted by atomic mass is 15.2. The van der Waals surface area contributed by atoms with Gasteiger partial charge in [-0.1, -0.05) is 36.2 Å². The topological polar surface area (TPSA) is 3.24 Å². The summed E-state index contributed by atoms with van der Waals surface area (Å²) in [4.78, 5) is 2.65. The highest BCUT2D eigenvalue weighted by Gasteiger charge is 2.40. The van der Waals surface area contributed by atoms with Gasteiger partial charge < -0.3 is 0 Å². The SMILES string of the molecule is Cc1ccc(C2(CN(C(C)C)C(C)C)CCC2)cc1. The predicted octanol–water partition coefficient (Wildman–Crippen LogP) is 4.54. The average molecular weight is 259 g/mol. The van der Waals surface area contributed by atoms with Crippen LogP contribution in [0.15, 0.2) is 24.3 Å². The molecule has 1 aliphatic carbocycles. The zero-order valence-corrected chi connectivity index (χ0v) is 13.2. The summed E-state index contributed by atoms with van der Waals surface area (Å²) < 4.78 is 0. The van der Waals surface area contributed by atoms with Crippen molar-refractivity contribution in [2.45, 2.75) is 71.4 Å². The molecular weight excluding hydrogens is 230 g/mol. The number of nitrogens with zero attached hydrogens (tertiary/aromatic N) is 1. The minimum absolute atomic E-state index is 0.419. The van der Waals surface area contributed by atoms with Gasteiger partial charge in [-0.3, -0.25) is 4.90 Å². The van der Waals surface area contributed by atoms with Gasteiger partial charge in [-0.05, 0) is 53.0 Å². The third kappa shape index (κ3) is 3.02. The van der Waals surface area contributed by atoms with Gasteiger partial charge in [0.05, 0.1) is 0 Å². The van der Waals surface area contributed by atoms with Crippen molar-refractivity contribution in [1.29, 1.82) is 0 Å². The van der Waals surface area contributed by atoms with Crippen LogP contribution in [0.1, 0.15) is 58.1 Å². The molecule has 2 rings (SSSR count). The van der Waals surface area contributed by atoms with E-state index in [1.54, 1.807) is 5.56 Å². The van der Waals surface area contributed by atoms with Crippen LogP contribution in [0.5, 0.6) is 0 Å². The fourth-order valence-electron chi connectivity index (χ4n) is 3.36. The maximum Gasteiger partial charge on any atom is 0.00840 e. The number of rotatable bonds is 5. The second-order valence-corrected chi connectivity index (χ2v) is 6.86. The maximum absolute atomic E-state index is 2.65. The Bertz CT molecular complexity index is 390. The number of hydrogen-bond donors (Lipinski definition) is 0. The molecule has 0 unspecified atom stereocenters. The fraction of sp³-hybridized carbons (Fsp3) is 0.667. The Labute approximate surface area is 119 Å². The lowest BCUT2D eigenvalue weighted by atomic mass is 9.64. The van der Waals surface area contributed by atoms with Crippen LogP contribution in [0.25, 0.3) is 0 Å². The van der Waals surface area contributed by atoms with Crippen LogP contribution in [-0.2, 0) is 5.41 Å². The van der Waals surface area contributed by atoms with E-state index in [2.05, 4.69) is 63.8 Å². The van der Waals surface area contributed by atoms with E-state index in [0.717, 1.165) is 0 Å². The van der Waals surface area contributed by atoms with Crippen LogP contribution in [0.3, 0.4) is 0 Å². The molecule has 1 aromatic rings. The first kappa shape index (κ1) is 14.6. The monoisotopic (exact) mass is 259 g/mol. The highest BCUT2D eigenvalue weighted by Crippen LogP contribution is 2.44. The summed E-state index contributed by atoms with van der Waals surface area (Å²) >= 11 is 0. The molecule has 0 bridgehead atoms. The molecule has 0 N–H and O–H groups in total. The molecule has 0 aliphatic heterocycles. The third-order valence-electron chi connectivity index (χ3n) is 4.79. The van der Waals surface area contributed by atoms with Crippen LogP contribution < -0.4 is 0 Å². The van der Waals surface area contributed by atoms with E-state index in [1.807, 2.05) is 0 Å². The molecule has 1 nitrogen and oxygen atoms in total. The van der Waals surface area contributed by atoms with E-state index < -0.39 is 0 Å². The summed E-state index contributed by atoms with van der Waals surface area (Å²) in [6.07, 6.45) is 4.09. The van der Waals surface area contributed by atoms with Crippen molar-refractivity contribution in [3.63, 3.8) is 0 Å². The van der Waals surface area contributed by atoms with Crippen LogP contribution in [0.4, 0.5) is 0 Å². The molecule has 0 heterocycles. The summed E-state index contributed by atoms with van der Waals surface area (Å²) in [7, 11) is 0. The largest absolute Gasteiger partial charge is 0.298 e. The van der Waals surface area contributed by atoms with Gasteiger partial charge in [0.25, 0.3) is 0 Å². The fourth-order valence-corrected chi connectivity index (χ4v) is 3.36. The second-order valence-electron chi connectivity index (χ2n) is 6.86. The third-order valence-corrected chi connectivity index (χ3v) is 4.79. The molecule has 1 saturated carbocycles. The van der Waals surface area contributed by atoms with E-state index in [9.17, 15) is 0 Å². The van der Waals surface area contributed by atoms with Crippen molar-refractivity contribution in [3.8, 4) is 0 Å². The minimum atomic E-state index is 0.419. The molecule has 1 aromatic carbocycles. The van der Waals surface area contributed by atoms with Gasteiger partial charge in [0.2, 0.25) is 0 Å². The molecule has 0 radical (unpaired) electrons. The Morgan fingerprint density at radius 3 is 1.89 bits per heavy atom. The van der Waals surface area contributed by atoms with Crippen molar-refractivity contribution >= 4 is 0 Å². The Morgan fingerprint density at radius 2 is 1.53 bits per heavy atom. The van der Waals surface area contributed by atoms with Gasteiger partial charge in [0, 0.05) is 24.0 Å². The molecule has 1 heteroatoms. The van der Waals surface area contributed by atoms with Crippen LogP contribution in [-0.4, -0.2) is 23.5 Å². The van der Waals surface area contributed by atoms with E-state index in [-0.39, 0.29) is 0 Å². The lowest BCUT2D eigenvalue weighted by Crippen LogP contribution is -2.50. The van der Waals surface area contributed by atoms with Crippen LogP contribution >= 0.6 is 0 Å². The molecule has 19 heavy (non-hydrogen) atoms. The van der Waals surface area contributed by atoms with E-state index in [0.29, 0.717) is 17.5 Å². The molecular formula is C18H29N. The minimum Gasteiger partial charge on any atom is -0.298 e. The smallest absolute Gasteiger partial charge is 0.00840 e. The normalized spacial score (nSPS) is 18.1. The number of aryl methyl sites for hydroxylation is 1. The van der Waals surface area contributed by atoms with Gasteiger partial charge in [-0.2, -0.15) is 0 Å². The van der Waals surface area contributed by atoms with Crippen molar-refractivity contribution in [2.24, 2.45) is 0 Å². The quantitative estimate of drug-likeness (QED) is 0.750. The summed E-state index contributed by atoms with van der Waals surface area (Å²) in [5.41, 5.74) is 3.33. The Balaban J connectivity index is 2.20. The van der Waals surface area contributed by atoms with E-state index in [1.165, 1.54) is 31.4 Å². The molecule has 0 atom stereocenters. The van der Waals surface area contributed by atoms with Crippen molar-refractivity contribution in [1.82, 2.24) is 4.90 Å². The van der Waals surface area contributed by atoms with Gasteiger partial charge in [-0.15, -0.1) is 0 Å². The lowest BCUT2D eigenvalue weighted by Gasteiger charge is -2.48. The highest BCUT2D eigenvalue weighted by molar-refractivity contribution is 5.31. The second kappa shape index (κ2) is 5.66. The summed E-state index contributed by atoms with van der Waals surface area (Å²) in [6, 6.07) is 10.5. The average Bonchev–Trinajstić information content (AvgIpc) is 2.29. The Hall–Kier alpha value is -0.820. The standard InChI is InChI=1S/C18H29N/c1-14(2)19(15(3)4)13-18(11-6-12-18)17-9-7-16(5)8-10-17/h7-10,14-15H,6,11-13H2,1-5H3. The van der Waals surface area contributed by atoms with Crippen LogP contribution in [0, 0.1) is 6.92 Å². The predicted molar refractivity (Wildman–Crippen MR) is 83.7 cm³/mol. The first-order valence-corrected chi connectivity index (χ1v) is 7.77. The van der Waals surface area contributed by atoms with Crippen LogP contribution in [0.2, 0.25) is 0 Å². The van der Waals surface area contributed by atoms with Gasteiger partial charge in [-0.25, -0.2) is 0 Å². The number of benzene rings is 1. The van der Waals surface area contributed by atoms with E-state index >= 15 is 0 Å². The summed E-state index contributed by atoms with van der Waals surface area (Å²) in [5.74, 6) is 0. The first-order valence-electron chi connectivity index (χ1n) is 7.77. The van der Waals surface area contributed by atoms with Crippen molar-refractivity contribution < 1.29 is 0 Å². The Morgan fingerprint density at radius 1 is 1.00 bits per heavy atom. The summed E-state index contributed by atoms with van der Waals surface area (Å²) in [6.45, 7) is 12.7. The molecule has 0 aromatic heterocycles. The lowest BCUT2D eigenvalue weighted by molar-refractivity contribution is 0.0897. The zero-order chi connectivity index (χ0) is 14.0. The van der Waals surface area contributed by atoms with Crippen molar-refractivity contribution in [3.05, 3.63) is 35.4 Å². The molecule has 1 aliphatic rings. The Kier molecular flexibility index (Phi) is 4.35.